The van der Waals surface area contributed by atoms with Gasteiger partial charge in [0.1, 0.15) is 0 Å². The summed E-state index contributed by atoms with van der Waals surface area (Å²) < 4.78 is 38.9. The Bertz CT molecular complexity index is 559. The number of amides is 1. The van der Waals surface area contributed by atoms with Crippen LogP contribution in [0.15, 0.2) is 24.3 Å². The zero-order valence-electron chi connectivity index (χ0n) is 11.2. The molecule has 114 valence electrons. The maximum atomic E-state index is 13.0. The molecule has 2 rings (SSSR count). The van der Waals surface area contributed by atoms with Gasteiger partial charge < -0.3 is 10.6 Å². The second-order valence-electron chi connectivity index (χ2n) is 5.04. The topological polar surface area (TPSA) is 46.3 Å². The van der Waals surface area contributed by atoms with Crippen LogP contribution in [0.3, 0.4) is 0 Å². The zero-order chi connectivity index (χ0) is 15.6. The van der Waals surface area contributed by atoms with E-state index in [4.69, 9.17) is 18.0 Å². The predicted octanol–water partition coefficient (Wildman–Crippen LogP) is 2.84. The van der Waals surface area contributed by atoms with E-state index in [0.29, 0.717) is 18.0 Å². The highest BCUT2D eigenvalue weighted by Gasteiger charge is 2.36. The van der Waals surface area contributed by atoms with Crippen molar-refractivity contribution >= 4 is 23.1 Å². The number of likely N-dealkylation sites (tertiary alicyclic amines) is 1. The number of hydrogen-bond donors (Lipinski definition) is 1. The van der Waals surface area contributed by atoms with Crippen LogP contribution in [0.2, 0.25) is 0 Å². The Morgan fingerprint density at radius 3 is 2.62 bits per heavy atom. The molecule has 1 heterocycles. The summed E-state index contributed by atoms with van der Waals surface area (Å²) in [4.78, 5) is 14.1. The molecule has 0 bridgehead atoms. The highest BCUT2D eigenvalue weighted by molar-refractivity contribution is 7.80. The Hall–Kier alpha value is -1.63. The van der Waals surface area contributed by atoms with Gasteiger partial charge in [0.05, 0.1) is 16.1 Å². The lowest BCUT2D eigenvalue weighted by Gasteiger charge is -2.32. The second kappa shape index (κ2) is 6.01. The number of halogens is 3. The highest BCUT2D eigenvalue weighted by Crippen LogP contribution is 2.33. The van der Waals surface area contributed by atoms with Crippen molar-refractivity contribution in [2.75, 3.05) is 13.1 Å². The number of thiocarbonyl (C=S) groups is 1. The van der Waals surface area contributed by atoms with Crippen LogP contribution in [-0.2, 0) is 6.18 Å². The Labute approximate surface area is 125 Å². The molecular weight excluding hydrogens is 301 g/mol. The summed E-state index contributed by atoms with van der Waals surface area (Å²) in [6, 6.07) is 4.82. The SMILES string of the molecule is NC(=S)C1CCCN(C(=O)c2ccccc2C(F)(F)F)C1. The summed E-state index contributed by atoms with van der Waals surface area (Å²) in [6.07, 6.45) is -3.10. The first-order valence-corrected chi connectivity index (χ1v) is 6.96. The number of alkyl halides is 3. The predicted molar refractivity (Wildman–Crippen MR) is 76.9 cm³/mol. The van der Waals surface area contributed by atoms with E-state index in [9.17, 15) is 18.0 Å². The maximum absolute atomic E-state index is 13.0. The molecule has 1 saturated heterocycles. The average molecular weight is 316 g/mol. The van der Waals surface area contributed by atoms with E-state index in [-0.39, 0.29) is 18.0 Å². The van der Waals surface area contributed by atoms with Crippen LogP contribution in [0, 0.1) is 5.92 Å². The third kappa shape index (κ3) is 3.53. The number of carbonyl (C=O) groups is 1. The molecule has 0 aromatic heterocycles. The van der Waals surface area contributed by atoms with E-state index >= 15 is 0 Å². The Kier molecular flexibility index (Phi) is 4.51. The van der Waals surface area contributed by atoms with Crippen LogP contribution in [0.25, 0.3) is 0 Å². The lowest BCUT2D eigenvalue weighted by molar-refractivity contribution is -0.138. The van der Waals surface area contributed by atoms with Gasteiger partial charge in [-0.3, -0.25) is 4.79 Å². The van der Waals surface area contributed by atoms with Crippen molar-refractivity contribution in [3.05, 3.63) is 35.4 Å². The Morgan fingerprint density at radius 1 is 1.33 bits per heavy atom. The minimum Gasteiger partial charge on any atom is -0.393 e. The number of rotatable bonds is 2. The molecular formula is C14H15F3N2OS. The van der Waals surface area contributed by atoms with Crippen molar-refractivity contribution in [3.8, 4) is 0 Å². The molecule has 1 amide bonds. The van der Waals surface area contributed by atoms with Gasteiger partial charge in [-0.1, -0.05) is 24.4 Å². The third-order valence-electron chi connectivity index (χ3n) is 3.57. The molecule has 0 spiro atoms. The smallest absolute Gasteiger partial charge is 0.393 e. The molecule has 1 aliphatic rings. The first kappa shape index (κ1) is 15.8. The van der Waals surface area contributed by atoms with Crippen molar-refractivity contribution in [1.82, 2.24) is 4.90 Å². The van der Waals surface area contributed by atoms with E-state index < -0.39 is 17.6 Å². The molecule has 0 saturated carbocycles. The molecule has 0 radical (unpaired) electrons. The number of nitrogens with two attached hydrogens (primary N) is 1. The summed E-state index contributed by atoms with van der Waals surface area (Å²) in [6.45, 7) is 0.699. The van der Waals surface area contributed by atoms with E-state index in [0.717, 1.165) is 12.5 Å². The molecule has 21 heavy (non-hydrogen) atoms. The lowest BCUT2D eigenvalue weighted by Crippen LogP contribution is -2.44. The number of benzene rings is 1. The molecule has 1 aromatic carbocycles. The van der Waals surface area contributed by atoms with Crippen LogP contribution in [0.1, 0.15) is 28.8 Å². The molecule has 1 fully saturated rings. The Balaban J connectivity index is 2.26. The molecule has 2 N–H and O–H groups in total. The van der Waals surface area contributed by atoms with Gasteiger partial charge in [0, 0.05) is 19.0 Å². The number of hydrogen-bond acceptors (Lipinski definition) is 2. The van der Waals surface area contributed by atoms with E-state index in [1.807, 2.05) is 0 Å². The largest absolute Gasteiger partial charge is 0.417 e. The number of piperidine rings is 1. The maximum Gasteiger partial charge on any atom is 0.417 e. The summed E-state index contributed by atoms with van der Waals surface area (Å²) in [7, 11) is 0. The second-order valence-corrected chi connectivity index (χ2v) is 5.51. The van der Waals surface area contributed by atoms with Gasteiger partial charge in [0.25, 0.3) is 5.91 Å². The van der Waals surface area contributed by atoms with Crippen LogP contribution in [0.5, 0.6) is 0 Å². The van der Waals surface area contributed by atoms with Gasteiger partial charge in [0.2, 0.25) is 0 Å². The van der Waals surface area contributed by atoms with Crippen molar-refractivity contribution in [3.63, 3.8) is 0 Å². The molecule has 1 atom stereocenters. The van der Waals surface area contributed by atoms with Crippen LogP contribution in [0.4, 0.5) is 13.2 Å². The first-order valence-electron chi connectivity index (χ1n) is 6.55. The highest BCUT2D eigenvalue weighted by atomic mass is 32.1. The zero-order valence-corrected chi connectivity index (χ0v) is 12.0. The van der Waals surface area contributed by atoms with Crippen LogP contribution >= 0.6 is 12.2 Å². The summed E-state index contributed by atoms with van der Waals surface area (Å²) in [5.74, 6) is -0.750. The summed E-state index contributed by atoms with van der Waals surface area (Å²) >= 11 is 4.92. The molecule has 1 aliphatic heterocycles. The van der Waals surface area contributed by atoms with E-state index in [2.05, 4.69) is 0 Å². The fraction of sp³-hybridized carbons (Fsp3) is 0.429. The fourth-order valence-corrected chi connectivity index (χ4v) is 2.67. The fourth-order valence-electron chi connectivity index (χ4n) is 2.48. The van der Waals surface area contributed by atoms with Gasteiger partial charge in [-0.15, -0.1) is 0 Å². The van der Waals surface area contributed by atoms with Gasteiger partial charge in [-0.2, -0.15) is 13.2 Å². The number of nitrogens with zero attached hydrogens (tertiary/aromatic N) is 1. The minimum absolute atomic E-state index is 0.129. The van der Waals surface area contributed by atoms with Gasteiger partial charge in [-0.05, 0) is 25.0 Å². The first-order chi connectivity index (χ1) is 9.80. The molecule has 1 unspecified atom stereocenters. The molecule has 0 aliphatic carbocycles. The van der Waals surface area contributed by atoms with Crippen molar-refractivity contribution in [2.24, 2.45) is 11.7 Å². The van der Waals surface area contributed by atoms with Crippen molar-refractivity contribution < 1.29 is 18.0 Å². The van der Waals surface area contributed by atoms with Gasteiger partial charge in [0.15, 0.2) is 0 Å². The van der Waals surface area contributed by atoms with Crippen LogP contribution in [-0.4, -0.2) is 28.9 Å². The lowest BCUT2D eigenvalue weighted by atomic mass is 9.96. The van der Waals surface area contributed by atoms with Gasteiger partial charge in [-0.25, -0.2) is 0 Å². The minimum atomic E-state index is -4.55. The number of carbonyl (C=O) groups excluding carboxylic acids is 1. The monoisotopic (exact) mass is 316 g/mol. The third-order valence-corrected chi connectivity index (χ3v) is 3.91. The quantitative estimate of drug-likeness (QED) is 0.854. The summed E-state index contributed by atoms with van der Waals surface area (Å²) in [5.41, 5.74) is 4.35. The van der Waals surface area contributed by atoms with Crippen molar-refractivity contribution in [1.29, 1.82) is 0 Å². The molecule has 7 heteroatoms. The van der Waals surface area contributed by atoms with E-state index in [1.54, 1.807) is 0 Å². The Morgan fingerprint density at radius 2 is 2.00 bits per heavy atom. The van der Waals surface area contributed by atoms with Gasteiger partial charge >= 0.3 is 6.18 Å². The normalized spacial score (nSPS) is 19.4. The average Bonchev–Trinajstić information content (AvgIpc) is 2.45. The molecule has 3 nitrogen and oxygen atoms in total. The van der Waals surface area contributed by atoms with Crippen molar-refractivity contribution in [2.45, 2.75) is 19.0 Å². The van der Waals surface area contributed by atoms with Crippen LogP contribution < -0.4 is 5.73 Å². The standard InChI is InChI=1S/C14H15F3N2OS/c15-14(16,17)11-6-2-1-5-10(11)13(20)19-7-3-4-9(8-19)12(18)21/h1-2,5-6,9H,3-4,7-8H2,(H2,18,21). The molecule has 1 aromatic rings. The van der Waals surface area contributed by atoms with E-state index in [1.165, 1.54) is 23.1 Å². The summed E-state index contributed by atoms with van der Waals surface area (Å²) in [5, 5.41) is 0.